The van der Waals surface area contributed by atoms with E-state index in [1.165, 1.54) is 30.5 Å². The summed E-state index contributed by atoms with van der Waals surface area (Å²) in [7, 11) is -8.81. The number of nitrogens with zero attached hydrogens (tertiary/aromatic N) is 1. The number of phenolic OH excluding ortho intramolecular Hbond substituents is 1. The van der Waals surface area contributed by atoms with Crippen molar-refractivity contribution < 1.29 is 21.9 Å². The van der Waals surface area contributed by atoms with Crippen molar-refractivity contribution in [2.24, 2.45) is 0 Å². The summed E-state index contributed by atoms with van der Waals surface area (Å²) in [5.41, 5.74) is 1.24. The highest BCUT2D eigenvalue weighted by molar-refractivity contribution is 7.93. The Morgan fingerprint density at radius 2 is 1.29 bits per heavy atom. The van der Waals surface area contributed by atoms with E-state index in [2.05, 4.69) is 14.4 Å². The van der Waals surface area contributed by atoms with Crippen LogP contribution in [0.4, 0.5) is 11.4 Å². The summed E-state index contributed by atoms with van der Waals surface area (Å²) in [5, 5.41) is 11.5. The van der Waals surface area contributed by atoms with Gasteiger partial charge in [0.15, 0.2) is 0 Å². The molecule has 0 fully saturated rings. The number of sulfonamides is 2. The predicted octanol–water partition coefficient (Wildman–Crippen LogP) is 5.47. The minimum absolute atomic E-state index is 0.0543. The highest BCUT2D eigenvalue weighted by Crippen LogP contribution is 2.38. The van der Waals surface area contributed by atoms with Gasteiger partial charge in [-0.05, 0) is 67.4 Å². The first-order chi connectivity index (χ1) is 16.4. The van der Waals surface area contributed by atoms with E-state index in [4.69, 9.17) is 23.2 Å². The Balaban J connectivity index is 1.90. The SMILES string of the molecule is Cc1c(Cl)cccc1NS(=O)(=O)c1cc(S(=O)(=O)Nc2cccc(Cl)c2C)c2ncccc2c1O. The molecule has 0 spiro atoms. The molecule has 182 valence electrons. The van der Waals surface area contributed by atoms with Crippen LogP contribution in [0.25, 0.3) is 10.9 Å². The van der Waals surface area contributed by atoms with Gasteiger partial charge in [0.05, 0.1) is 16.9 Å². The normalized spacial score (nSPS) is 12.0. The van der Waals surface area contributed by atoms with Gasteiger partial charge in [-0.1, -0.05) is 35.3 Å². The van der Waals surface area contributed by atoms with Crippen LogP contribution in [0.1, 0.15) is 11.1 Å². The fraction of sp³-hybridized carbons (Fsp3) is 0.0870. The van der Waals surface area contributed by atoms with Crippen LogP contribution in [-0.2, 0) is 20.0 Å². The summed E-state index contributed by atoms with van der Waals surface area (Å²) in [4.78, 5) is 3.01. The summed E-state index contributed by atoms with van der Waals surface area (Å²) in [6.45, 7) is 3.26. The zero-order valence-electron chi connectivity index (χ0n) is 18.4. The molecule has 0 aliphatic rings. The van der Waals surface area contributed by atoms with Crippen LogP contribution in [0.3, 0.4) is 0 Å². The Morgan fingerprint density at radius 1 is 0.771 bits per heavy atom. The van der Waals surface area contributed by atoms with Crippen LogP contribution in [0.15, 0.2) is 70.6 Å². The molecule has 4 rings (SSSR count). The molecule has 4 aromatic rings. The molecular weight excluding hydrogens is 533 g/mol. The molecule has 0 saturated carbocycles. The van der Waals surface area contributed by atoms with Gasteiger partial charge in [0.2, 0.25) is 0 Å². The number of pyridine rings is 1. The number of phenols is 1. The van der Waals surface area contributed by atoms with Crippen molar-refractivity contribution >= 4 is 65.5 Å². The molecule has 3 aromatic carbocycles. The second-order valence-electron chi connectivity index (χ2n) is 7.66. The summed E-state index contributed by atoms with van der Waals surface area (Å²) in [6.07, 6.45) is 1.34. The lowest BCUT2D eigenvalue weighted by Crippen LogP contribution is -2.18. The lowest BCUT2D eigenvalue weighted by Gasteiger charge is -2.17. The predicted molar refractivity (Wildman–Crippen MR) is 137 cm³/mol. The van der Waals surface area contributed by atoms with Crippen LogP contribution in [0.2, 0.25) is 10.0 Å². The third-order valence-electron chi connectivity index (χ3n) is 5.39. The maximum absolute atomic E-state index is 13.4. The van der Waals surface area contributed by atoms with Gasteiger partial charge in [-0.2, -0.15) is 0 Å². The van der Waals surface area contributed by atoms with Gasteiger partial charge in [-0.15, -0.1) is 0 Å². The standard InChI is InChI=1S/C23H19Cl2N3O5S2/c1-13-16(24)7-3-9-18(13)27-34(30,31)20-12-21(23(29)15-6-5-11-26-22(15)20)35(32,33)28-19-10-4-8-17(25)14(19)2/h3-12,27-29H,1-2H3. The van der Waals surface area contributed by atoms with Crippen molar-refractivity contribution in [1.29, 1.82) is 0 Å². The molecule has 12 heteroatoms. The van der Waals surface area contributed by atoms with Crippen molar-refractivity contribution in [2.75, 3.05) is 9.44 Å². The second kappa shape index (κ2) is 9.19. The minimum Gasteiger partial charge on any atom is -0.506 e. The van der Waals surface area contributed by atoms with E-state index in [-0.39, 0.29) is 22.3 Å². The monoisotopic (exact) mass is 551 g/mol. The smallest absolute Gasteiger partial charge is 0.265 e. The van der Waals surface area contributed by atoms with Crippen molar-refractivity contribution in [3.63, 3.8) is 0 Å². The molecule has 8 nitrogen and oxygen atoms in total. The summed E-state index contributed by atoms with van der Waals surface area (Å²) >= 11 is 12.2. The maximum Gasteiger partial charge on any atom is 0.265 e. The first-order valence-corrected chi connectivity index (χ1v) is 13.8. The van der Waals surface area contributed by atoms with Gasteiger partial charge in [0, 0.05) is 21.6 Å². The molecule has 0 aliphatic carbocycles. The molecule has 1 heterocycles. The lowest BCUT2D eigenvalue weighted by molar-refractivity contribution is 0.465. The molecule has 35 heavy (non-hydrogen) atoms. The van der Waals surface area contributed by atoms with Gasteiger partial charge in [0.1, 0.15) is 15.5 Å². The van der Waals surface area contributed by atoms with Crippen LogP contribution < -0.4 is 9.44 Å². The van der Waals surface area contributed by atoms with Crippen LogP contribution in [0, 0.1) is 13.8 Å². The molecule has 0 aliphatic heterocycles. The molecular formula is C23H19Cl2N3O5S2. The Hall–Kier alpha value is -3.05. The van der Waals surface area contributed by atoms with E-state index in [0.717, 1.165) is 6.07 Å². The third-order valence-corrected chi connectivity index (χ3v) is 8.97. The van der Waals surface area contributed by atoms with Gasteiger partial charge in [-0.25, -0.2) is 16.8 Å². The number of hydrogen-bond acceptors (Lipinski definition) is 6. The molecule has 0 saturated heterocycles. The minimum atomic E-state index is -4.44. The Bertz CT molecular complexity index is 1690. The van der Waals surface area contributed by atoms with E-state index in [1.54, 1.807) is 38.1 Å². The van der Waals surface area contributed by atoms with Crippen molar-refractivity contribution in [2.45, 2.75) is 23.6 Å². The van der Waals surface area contributed by atoms with Gasteiger partial charge in [-0.3, -0.25) is 14.4 Å². The van der Waals surface area contributed by atoms with Gasteiger partial charge < -0.3 is 5.11 Å². The van der Waals surface area contributed by atoms with Crippen molar-refractivity contribution in [1.82, 2.24) is 4.98 Å². The van der Waals surface area contributed by atoms with Crippen LogP contribution >= 0.6 is 23.2 Å². The number of halogens is 2. The number of nitrogens with one attached hydrogen (secondary N) is 2. The molecule has 1 aromatic heterocycles. The Labute approximate surface area is 212 Å². The fourth-order valence-electron chi connectivity index (χ4n) is 3.43. The van der Waals surface area contributed by atoms with Crippen molar-refractivity contribution in [3.05, 3.63) is 82.0 Å². The molecule has 3 N–H and O–H groups in total. The van der Waals surface area contributed by atoms with E-state index in [9.17, 15) is 21.9 Å². The molecule has 0 unspecified atom stereocenters. The average molecular weight is 552 g/mol. The van der Waals surface area contributed by atoms with Crippen molar-refractivity contribution in [3.8, 4) is 5.75 Å². The Kier molecular flexibility index (Phi) is 6.58. The quantitative estimate of drug-likeness (QED) is 0.292. The topological polar surface area (TPSA) is 125 Å². The number of rotatable bonds is 6. The van der Waals surface area contributed by atoms with E-state index in [0.29, 0.717) is 21.2 Å². The first kappa shape index (κ1) is 25.1. The number of hydrogen-bond donors (Lipinski definition) is 3. The number of aromatic nitrogens is 1. The Morgan fingerprint density at radius 3 is 1.83 bits per heavy atom. The maximum atomic E-state index is 13.4. The van der Waals surface area contributed by atoms with E-state index < -0.39 is 35.6 Å². The van der Waals surface area contributed by atoms with Gasteiger partial charge in [0.25, 0.3) is 20.0 Å². The molecule has 0 amide bonds. The summed E-state index contributed by atoms with van der Waals surface area (Å²) < 4.78 is 58.2. The molecule has 0 bridgehead atoms. The summed E-state index contributed by atoms with van der Waals surface area (Å²) in [6, 6.07) is 13.1. The third kappa shape index (κ3) is 4.74. The van der Waals surface area contributed by atoms with E-state index >= 15 is 0 Å². The number of fused-ring (bicyclic) bond motifs is 1. The zero-order valence-corrected chi connectivity index (χ0v) is 21.5. The zero-order chi connectivity index (χ0) is 25.5. The van der Waals surface area contributed by atoms with Gasteiger partial charge >= 0.3 is 0 Å². The largest absolute Gasteiger partial charge is 0.506 e. The van der Waals surface area contributed by atoms with Crippen LogP contribution in [-0.4, -0.2) is 26.9 Å². The highest BCUT2D eigenvalue weighted by Gasteiger charge is 2.29. The summed E-state index contributed by atoms with van der Waals surface area (Å²) in [5.74, 6) is -0.641. The second-order valence-corrected chi connectivity index (χ2v) is 11.8. The first-order valence-electron chi connectivity index (χ1n) is 10.1. The number of aromatic hydroxyl groups is 1. The number of benzene rings is 3. The molecule has 0 radical (unpaired) electrons. The average Bonchev–Trinajstić information content (AvgIpc) is 2.80. The van der Waals surface area contributed by atoms with E-state index in [1.807, 2.05) is 0 Å². The number of anilines is 2. The fourth-order valence-corrected chi connectivity index (χ4v) is 6.42. The highest BCUT2D eigenvalue weighted by atomic mass is 35.5. The molecule has 0 atom stereocenters. The lowest BCUT2D eigenvalue weighted by atomic mass is 10.2. The van der Waals surface area contributed by atoms with Crippen LogP contribution in [0.5, 0.6) is 5.75 Å².